The van der Waals surface area contributed by atoms with Gasteiger partial charge in [-0.15, -0.1) is 5.10 Å². The summed E-state index contributed by atoms with van der Waals surface area (Å²) < 4.78 is 1.39. The van der Waals surface area contributed by atoms with Gasteiger partial charge in [0, 0.05) is 23.7 Å². The fourth-order valence-electron chi connectivity index (χ4n) is 3.25. The third-order valence-electron chi connectivity index (χ3n) is 4.65. The van der Waals surface area contributed by atoms with Gasteiger partial charge in [0.15, 0.2) is 0 Å². The molecular weight excluding hydrogens is 362 g/mol. The minimum Gasteiger partial charge on any atom is -0.332 e. The van der Waals surface area contributed by atoms with Crippen molar-refractivity contribution in [2.24, 2.45) is 0 Å². The van der Waals surface area contributed by atoms with Crippen LogP contribution >= 0.6 is 11.6 Å². The first kappa shape index (κ1) is 17.3. The third-order valence-corrected chi connectivity index (χ3v) is 4.96. The van der Waals surface area contributed by atoms with Crippen LogP contribution in [-0.4, -0.2) is 25.6 Å². The second kappa shape index (κ2) is 6.86. The Balaban J connectivity index is 1.51. The van der Waals surface area contributed by atoms with Crippen LogP contribution in [0.2, 0.25) is 5.02 Å². The second-order valence-corrected chi connectivity index (χ2v) is 7.00. The number of fused-ring (bicyclic) bond motifs is 1. The summed E-state index contributed by atoms with van der Waals surface area (Å²) in [5.41, 5.74) is 5.40. The molecule has 0 N–H and O–H groups in total. The van der Waals surface area contributed by atoms with Crippen LogP contribution in [0.5, 0.6) is 0 Å². The van der Waals surface area contributed by atoms with Gasteiger partial charge < -0.3 is 4.90 Å². The Morgan fingerprint density at radius 3 is 2.78 bits per heavy atom. The molecule has 0 fully saturated rings. The first-order valence-corrected chi connectivity index (χ1v) is 8.87. The Bertz CT molecular complexity index is 1080. The van der Waals surface area contributed by atoms with E-state index in [1.54, 1.807) is 4.90 Å². The van der Waals surface area contributed by atoms with Crippen LogP contribution in [0.3, 0.4) is 0 Å². The molecule has 0 radical (unpaired) electrons. The number of amides is 1. The summed E-state index contributed by atoms with van der Waals surface area (Å²) in [6.45, 7) is 3.19. The molecule has 0 bridgehead atoms. The van der Waals surface area contributed by atoms with Crippen molar-refractivity contribution in [1.29, 1.82) is 5.26 Å². The summed E-state index contributed by atoms with van der Waals surface area (Å²) in [6, 6.07) is 14.1. The van der Waals surface area contributed by atoms with Crippen molar-refractivity contribution in [2.45, 2.75) is 26.6 Å². The molecule has 2 aromatic carbocycles. The smallest absolute Gasteiger partial charge is 0.252 e. The van der Waals surface area contributed by atoms with Crippen LogP contribution in [0.25, 0.3) is 11.1 Å². The highest BCUT2D eigenvalue weighted by Crippen LogP contribution is 2.32. The normalized spacial score (nSPS) is 12.7. The lowest BCUT2D eigenvalue weighted by molar-refractivity contribution is -0.132. The van der Waals surface area contributed by atoms with Crippen molar-refractivity contribution in [2.75, 3.05) is 0 Å². The van der Waals surface area contributed by atoms with Gasteiger partial charge in [-0.05, 0) is 41.3 Å². The molecule has 6 nitrogen and oxygen atoms in total. The maximum atomic E-state index is 12.6. The van der Waals surface area contributed by atoms with E-state index >= 15 is 0 Å². The molecule has 0 unspecified atom stereocenters. The van der Waals surface area contributed by atoms with Crippen molar-refractivity contribution < 1.29 is 4.79 Å². The number of carbonyl (C=O) groups is 1. The highest BCUT2D eigenvalue weighted by molar-refractivity contribution is 6.33. The maximum Gasteiger partial charge on any atom is 0.252 e. The summed E-state index contributed by atoms with van der Waals surface area (Å²) in [5.74, 6) is 0.00244. The Labute approximate surface area is 161 Å². The van der Waals surface area contributed by atoms with Crippen molar-refractivity contribution in [3.8, 4) is 17.2 Å². The second-order valence-electron chi connectivity index (χ2n) is 6.59. The van der Waals surface area contributed by atoms with E-state index in [0.717, 1.165) is 32.8 Å². The number of rotatable bonds is 3. The van der Waals surface area contributed by atoms with Gasteiger partial charge in [-0.3, -0.25) is 4.79 Å². The Morgan fingerprint density at radius 2 is 2.04 bits per heavy atom. The van der Waals surface area contributed by atoms with Gasteiger partial charge >= 0.3 is 0 Å². The van der Waals surface area contributed by atoms with Crippen LogP contribution in [0.1, 0.15) is 22.5 Å². The average molecular weight is 378 g/mol. The van der Waals surface area contributed by atoms with E-state index in [0.29, 0.717) is 13.1 Å². The van der Waals surface area contributed by atoms with Crippen LogP contribution in [0.15, 0.2) is 42.7 Å². The number of hydrogen-bond donors (Lipinski definition) is 0. The molecule has 1 aliphatic heterocycles. The zero-order chi connectivity index (χ0) is 19.0. The molecule has 1 amide bonds. The Kier molecular flexibility index (Phi) is 4.38. The van der Waals surface area contributed by atoms with Gasteiger partial charge in [0.1, 0.15) is 18.9 Å². The minimum absolute atomic E-state index is 0.0597. The molecule has 3 aromatic rings. The van der Waals surface area contributed by atoms with E-state index in [1.165, 1.54) is 11.0 Å². The average Bonchev–Trinajstić information content (AvgIpc) is 3.27. The van der Waals surface area contributed by atoms with E-state index in [9.17, 15) is 4.79 Å². The van der Waals surface area contributed by atoms with E-state index in [-0.39, 0.29) is 18.3 Å². The molecule has 7 heteroatoms. The first-order valence-electron chi connectivity index (χ1n) is 8.49. The van der Waals surface area contributed by atoms with Crippen LogP contribution in [0, 0.1) is 18.3 Å². The largest absolute Gasteiger partial charge is 0.332 e. The van der Waals surface area contributed by atoms with Gasteiger partial charge in [-0.25, -0.2) is 9.67 Å². The molecule has 2 heterocycles. The molecule has 0 saturated heterocycles. The lowest BCUT2D eigenvalue weighted by Crippen LogP contribution is -2.29. The molecular formula is C20H16ClN5O. The van der Waals surface area contributed by atoms with Crippen molar-refractivity contribution >= 4 is 17.5 Å². The zero-order valence-corrected chi connectivity index (χ0v) is 15.4. The molecule has 1 aromatic heterocycles. The summed E-state index contributed by atoms with van der Waals surface area (Å²) in [4.78, 5) is 18.2. The minimum atomic E-state index is -0.0597. The van der Waals surface area contributed by atoms with Crippen LogP contribution < -0.4 is 0 Å². The summed E-state index contributed by atoms with van der Waals surface area (Å²) in [6.07, 6.45) is 1.40. The number of halogens is 1. The number of nitrogens with zero attached hydrogens (tertiary/aromatic N) is 5. The summed E-state index contributed by atoms with van der Waals surface area (Å²) >= 11 is 6.40. The van der Waals surface area contributed by atoms with Gasteiger partial charge in [0.25, 0.3) is 5.82 Å². The standard InChI is InChI=1S/C20H16ClN5O/c1-13-2-5-17(18(21)6-13)14-3-4-15-9-25(10-16(15)7-14)20(27)11-26-12-23-19(8-22)24-26/h2-7,12H,9-11H2,1H3. The molecule has 0 atom stereocenters. The number of aromatic nitrogens is 3. The van der Waals surface area contributed by atoms with Crippen molar-refractivity contribution in [1.82, 2.24) is 19.7 Å². The van der Waals surface area contributed by atoms with Crippen LogP contribution in [-0.2, 0) is 24.4 Å². The highest BCUT2D eigenvalue weighted by Gasteiger charge is 2.24. The maximum absolute atomic E-state index is 12.6. The van der Waals surface area contributed by atoms with E-state index in [4.69, 9.17) is 16.9 Å². The molecule has 0 saturated carbocycles. The topological polar surface area (TPSA) is 74.8 Å². The monoisotopic (exact) mass is 377 g/mol. The number of carbonyl (C=O) groups excluding carboxylic acids is 1. The van der Waals surface area contributed by atoms with E-state index in [2.05, 4.69) is 22.2 Å². The number of hydrogen-bond acceptors (Lipinski definition) is 4. The predicted octanol–water partition coefficient (Wildman–Crippen LogP) is 3.32. The highest BCUT2D eigenvalue weighted by atomic mass is 35.5. The van der Waals surface area contributed by atoms with Crippen molar-refractivity contribution in [3.63, 3.8) is 0 Å². The molecule has 0 aliphatic carbocycles. The zero-order valence-electron chi connectivity index (χ0n) is 14.7. The van der Waals surface area contributed by atoms with Gasteiger partial charge in [-0.2, -0.15) is 5.26 Å². The van der Waals surface area contributed by atoms with Crippen molar-refractivity contribution in [3.05, 3.63) is 70.3 Å². The lowest BCUT2D eigenvalue weighted by Gasteiger charge is -2.14. The third kappa shape index (κ3) is 3.42. The van der Waals surface area contributed by atoms with E-state index in [1.807, 2.05) is 37.3 Å². The fourth-order valence-corrected chi connectivity index (χ4v) is 3.60. The fraction of sp³-hybridized carbons (Fsp3) is 0.200. The Hall–Kier alpha value is -3.17. The predicted molar refractivity (Wildman–Crippen MR) is 101 cm³/mol. The number of benzene rings is 2. The van der Waals surface area contributed by atoms with E-state index < -0.39 is 0 Å². The van der Waals surface area contributed by atoms with Gasteiger partial charge in [-0.1, -0.05) is 35.9 Å². The quantitative estimate of drug-likeness (QED) is 0.701. The molecule has 1 aliphatic rings. The van der Waals surface area contributed by atoms with Gasteiger partial charge in [0.2, 0.25) is 5.91 Å². The molecule has 0 spiro atoms. The molecule has 134 valence electrons. The van der Waals surface area contributed by atoms with Gasteiger partial charge in [0.05, 0.1) is 0 Å². The SMILES string of the molecule is Cc1ccc(-c2ccc3c(c2)CN(C(=O)Cn2cnc(C#N)n2)C3)c(Cl)c1. The number of aryl methyl sites for hydroxylation is 1. The Morgan fingerprint density at radius 1 is 1.22 bits per heavy atom. The number of nitriles is 1. The van der Waals surface area contributed by atoms with Crippen LogP contribution in [0.4, 0.5) is 0 Å². The first-order chi connectivity index (χ1) is 13.0. The molecule has 27 heavy (non-hydrogen) atoms. The lowest BCUT2D eigenvalue weighted by atomic mass is 10.00. The molecule has 4 rings (SSSR count). The summed E-state index contributed by atoms with van der Waals surface area (Å²) in [5, 5.41) is 13.4. The summed E-state index contributed by atoms with van der Waals surface area (Å²) in [7, 11) is 0.